The van der Waals surface area contributed by atoms with Crippen molar-refractivity contribution in [2.75, 3.05) is 5.32 Å². The third-order valence-corrected chi connectivity index (χ3v) is 2.71. The molecular formula is C17H15NO2. The molecule has 0 saturated heterocycles. The van der Waals surface area contributed by atoms with E-state index in [1.54, 1.807) is 12.1 Å². The van der Waals surface area contributed by atoms with Gasteiger partial charge in [0.1, 0.15) is 0 Å². The molecule has 3 heteroatoms. The highest BCUT2D eigenvalue weighted by Gasteiger charge is 2.04. The highest BCUT2D eigenvalue weighted by atomic mass is 16.3. The Morgan fingerprint density at radius 2 is 1.65 bits per heavy atom. The van der Waals surface area contributed by atoms with Gasteiger partial charge in [0, 0.05) is 12.1 Å². The number of hydrogen-bond donors (Lipinski definition) is 2. The van der Waals surface area contributed by atoms with Crippen LogP contribution in [0.4, 0.5) is 5.69 Å². The van der Waals surface area contributed by atoms with Crippen LogP contribution < -0.4 is 5.32 Å². The fourth-order valence-corrected chi connectivity index (χ4v) is 1.70. The lowest BCUT2D eigenvalue weighted by Gasteiger charge is -2.05. The van der Waals surface area contributed by atoms with Crippen LogP contribution in [0.5, 0.6) is 0 Å². The molecule has 0 aliphatic carbocycles. The molecule has 0 radical (unpaired) electrons. The van der Waals surface area contributed by atoms with Gasteiger partial charge in [-0.25, -0.2) is 0 Å². The molecule has 0 saturated carbocycles. The zero-order chi connectivity index (χ0) is 14.2. The first-order chi connectivity index (χ1) is 9.75. The van der Waals surface area contributed by atoms with Crippen LogP contribution in [0.1, 0.15) is 18.1 Å². The van der Waals surface area contributed by atoms with Gasteiger partial charge in [0.05, 0.1) is 6.10 Å². The predicted molar refractivity (Wildman–Crippen MR) is 78.9 cm³/mol. The second-order valence-corrected chi connectivity index (χ2v) is 4.25. The lowest BCUT2D eigenvalue weighted by molar-refractivity contribution is -0.111. The molecular weight excluding hydrogens is 250 g/mol. The number of anilines is 1. The zero-order valence-corrected chi connectivity index (χ0v) is 10.9. The van der Waals surface area contributed by atoms with Crippen molar-refractivity contribution < 1.29 is 9.90 Å². The number of hydrogen-bond acceptors (Lipinski definition) is 2. The summed E-state index contributed by atoms with van der Waals surface area (Å²) in [7, 11) is 0. The van der Waals surface area contributed by atoms with E-state index in [-0.39, 0.29) is 12.3 Å². The second-order valence-electron chi connectivity index (χ2n) is 4.25. The number of aliphatic hydroxyl groups excluding tert-OH is 1. The van der Waals surface area contributed by atoms with E-state index < -0.39 is 6.10 Å². The molecule has 20 heavy (non-hydrogen) atoms. The van der Waals surface area contributed by atoms with Crippen LogP contribution in [-0.2, 0) is 4.79 Å². The smallest absolute Gasteiger partial charge is 0.300 e. The molecule has 2 aromatic carbocycles. The number of aliphatic hydroxyl groups is 1. The predicted octanol–water partition coefficient (Wildman–Crippen LogP) is 2.75. The van der Waals surface area contributed by atoms with Crippen molar-refractivity contribution in [1.29, 1.82) is 0 Å². The van der Waals surface area contributed by atoms with E-state index in [0.29, 0.717) is 5.69 Å². The van der Waals surface area contributed by atoms with E-state index in [0.717, 1.165) is 5.56 Å². The molecule has 0 aliphatic rings. The summed E-state index contributed by atoms with van der Waals surface area (Å²) in [5, 5.41) is 12.6. The summed E-state index contributed by atoms with van der Waals surface area (Å²) in [5.74, 6) is 4.79. The monoisotopic (exact) mass is 265 g/mol. The van der Waals surface area contributed by atoms with Gasteiger partial charge in [-0.3, -0.25) is 4.79 Å². The van der Waals surface area contributed by atoms with E-state index in [9.17, 15) is 9.90 Å². The summed E-state index contributed by atoms with van der Waals surface area (Å²) in [5.41, 5.74) is 1.50. The summed E-state index contributed by atoms with van der Waals surface area (Å²) in [4.78, 5) is 11.6. The number of carbonyl (C=O) groups excluding carboxylic acids is 1. The van der Waals surface area contributed by atoms with Crippen LogP contribution in [0.3, 0.4) is 0 Å². The maximum Gasteiger partial charge on any atom is 0.300 e. The Labute approximate surface area is 118 Å². The molecule has 0 heterocycles. The molecule has 0 aromatic heterocycles. The van der Waals surface area contributed by atoms with Gasteiger partial charge in [-0.05, 0) is 23.6 Å². The van der Waals surface area contributed by atoms with Crippen LogP contribution >= 0.6 is 0 Å². The number of amides is 1. The van der Waals surface area contributed by atoms with E-state index in [2.05, 4.69) is 17.2 Å². The molecule has 1 unspecified atom stereocenters. The second kappa shape index (κ2) is 7.13. The average Bonchev–Trinajstić information content (AvgIpc) is 2.49. The fraction of sp³-hybridized carbons (Fsp3) is 0.118. The topological polar surface area (TPSA) is 49.3 Å². The summed E-state index contributed by atoms with van der Waals surface area (Å²) in [6.07, 6.45) is -0.445. The molecule has 0 aliphatic heterocycles. The average molecular weight is 265 g/mol. The van der Waals surface area contributed by atoms with Gasteiger partial charge in [-0.1, -0.05) is 54.5 Å². The lowest BCUT2D eigenvalue weighted by Crippen LogP contribution is -2.08. The van der Waals surface area contributed by atoms with Crippen molar-refractivity contribution in [2.24, 2.45) is 0 Å². The Morgan fingerprint density at radius 1 is 1.05 bits per heavy atom. The Bertz CT molecular complexity index is 612. The van der Waals surface area contributed by atoms with Crippen molar-refractivity contribution in [3.05, 3.63) is 66.2 Å². The molecule has 1 amide bonds. The van der Waals surface area contributed by atoms with Crippen molar-refractivity contribution in [2.45, 2.75) is 12.5 Å². The van der Waals surface area contributed by atoms with Gasteiger partial charge >= 0.3 is 0 Å². The number of rotatable bonds is 3. The van der Waals surface area contributed by atoms with Crippen molar-refractivity contribution in [3.63, 3.8) is 0 Å². The minimum Gasteiger partial charge on any atom is -0.387 e. The van der Waals surface area contributed by atoms with E-state index in [1.165, 1.54) is 0 Å². The van der Waals surface area contributed by atoms with E-state index >= 15 is 0 Å². The van der Waals surface area contributed by atoms with Crippen LogP contribution in [0, 0.1) is 11.8 Å². The molecule has 0 spiro atoms. The molecule has 3 nitrogen and oxygen atoms in total. The molecule has 2 aromatic rings. The van der Waals surface area contributed by atoms with Gasteiger partial charge in [-0.15, -0.1) is 0 Å². The Hall–Kier alpha value is -2.57. The number of para-hydroxylation sites is 1. The highest BCUT2D eigenvalue weighted by molar-refractivity contribution is 6.03. The van der Waals surface area contributed by atoms with E-state index in [4.69, 9.17) is 0 Å². The van der Waals surface area contributed by atoms with Gasteiger partial charge in [-0.2, -0.15) is 0 Å². The summed E-state index contributed by atoms with van der Waals surface area (Å²) in [6.45, 7) is 0. The van der Waals surface area contributed by atoms with Gasteiger partial charge in [0.25, 0.3) is 5.91 Å². The number of nitrogens with one attached hydrogen (secondary N) is 1. The zero-order valence-electron chi connectivity index (χ0n) is 10.9. The SMILES string of the molecule is O=C(C#CCC(O)c1ccccc1)Nc1ccccc1. The Kier molecular flexibility index (Phi) is 4.94. The summed E-state index contributed by atoms with van der Waals surface area (Å²) >= 11 is 0. The number of carbonyl (C=O) groups is 1. The molecule has 0 fully saturated rings. The van der Waals surface area contributed by atoms with Crippen molar-refractivity contribution in [1.82, 2.24) is 0 Å². The van der Waals surface area contributed by atoms with Crippen LogP contribution in [0.25, 0.3) is 0 Å². The number of benzene rings is 2. The van der Waals surface area contributed by atoms with Gasteiger partial charge in [0.15, 0.2) is 0 Å². The molecule has 100 valence electrons. The van der Waals surface area contributed by atoms with E-state index in [1.807, 2.05) is 48.5 Å². The Balaban J connectivity index is 1.87. The van der Waals surface area contributed by atoms with Crippen molar-refractivity contribution >= 4 is 11.6 Å². The minimum atomic E-state index is -0.673. The quantitative estimate of drug-likeness (QED) is 0.838. The third kappa shape index (κ3) is 4.27. The van der Waals surface area contributed by atoms with Crippen LogP contribution in [-0.4, -0.2) is 11.0 Å². The van der Waals surface area contributed by atoms with Crippen LogP contribution in [0.15, 0.2) is 60.7 Å². The normalized spacial score (nSPS) is 11.1. The molecule has 2 rings (SSSR count). The first kappa shape index (κ1) is 13.9. The standard InChI is InChI=1S/C17H15NO2/c19-16(14-8-3-1-4-9-14)12-7-13-17(20)18-15-10-5-2-6-11-15/h1-6,8-11,16,19H,12H2,(H,18,20). The van der Waals surface area contributed by atoms with Crippen LogP contribution in [0.2, 0.25) is 0 Å². The lowest BCUT2D eigenvalue weighted by atomic mass is 10.1. The molecule has 0 bridgehead atoms. The first-order valence-electron chi connectivity index (χ1n) is 6.33. The summed E-state index contributed by atoms with van der Waals surface area (Å²) < 4.78 is 0. The summed E-state index contributed by atoms with van der Waals surface area (Å²) in [6, 6.07) is 18.4. The Morgan fingerprint density at radius 3 is 2.30 bits per heavy atom. The largest absolute Gasteiger partial charge is 0.387 e. The fourth-order valence-electron chi connectivity index (χ4n) is 1.70. The van der Waals surface area contributed by atoms with Gasteiger partial charge in [0.2, 0.25) is 0 Å². The maximum absolute atomic E-state index is 11.6. The molecule has 2 N–H and O–H groups in total. The van der Waals surface area contributed by atoms with Crippen molar-refractivity contribution in [3.8, 4) is 11.8 Å². The maximum atomic E-state index is 11.6. The van der Waals surface area contributed by atoms with Gasteiger partial charge < -0.3 is 10.4 Å². The molecule has 1 atom stereocenters. The third-order valence-electron chi connectivity index (χ3n) is 2.71. The first-order valence-corrected chi connectivity index (χ1v) is 6.33. The highest BCUT2D eigenvalue weighted by Crippen LogP contribution is 2.14. The minimum absolute atomic E-state index is 0.228.